The molecule has 0 saturated carbocycles. The van der Waals surface area contributed by atoms with Gasteiger partial charge in [0.1, 0.15) is 5.82 Å². The molecular formula is C16H22ClFN4O2. The zero-order valence-corrected chi connectivity index (χ0v) is 14.3. The SMILES string of the molecule is COCCNCC(=O)NCCc1ccn(-c2ccc(F)cc2)n1.Cl. The summed E-state index contributed by atoms with van der Waals surface area (Å²) in [6.07, 6.45) is 2.45. The Bertz CT molecular complexity index is 619. The summed E-state index contributed by atoms with van der Waals surface area (Å²) in [7, 11) is 1.62. The van der Waals surface area contributed by atoms with Crippen molar-refractivity contribution >= 4 is 18.3 Å². The molecule has 0 bridgehead atoms. The van der Waals surface area contributed by atoms with Crippen molar-refractivity contribution in [2.75, 3.05) is 33.4 Å². The number of hydrogen-bond donors (Lipinski definition) is 2. The molecular weight excluding hydrogens is 335 g/mol. The van der Waals surface area contributed by atoms with Gasteiger partial charge >= 0.3 is 0 Å². The summed E-state index contributed by atoms with van der Waals surface area (Å²) in [5.74, 6) is -0.331. The van der Waals surface area contributed by atoms with Crippen LogP contribution in [0.25, 0.3) is 5.69 Å². The first kappa shape index (κ1) is 20.1. The Morgan fingerprint density at radius 1 is 1.25 bits per heavy atom. The molecule has 2 aromatic rings. The van der Waals surface area contributed by atoms with Crippen LogP contribution in [-0.2, 0) is 16.0 Å². The first-order valence-corrected chi connectivity index (χ1v) is 7.46. The second-order valence-electron chi connectivity index (χ2n) is 5.00. The van der Waals surface area contributed by atoms with Gasteiger partial charge in [-0.15, -0.1) is 12.4 Å². The molecule has 0 atom stereocenters. The summed E-state index contributed by atoms with van der Waals surface area (Å²) in [6.45, 7) is 2.01. The van der Waals surface area contributed by atoms with Gasteiger partial charge in [0.15, 0.2) is 0 Å². The second kappa shape index (κ2) is 10.7. The van der Waals surface area contributed by atoms with Crippen LogP contribution in [0.1, 0.15) is 5.69 Å². The Hall–Kier alpha value is -1.96. The Morgan fingerprint density at radius 3 is 2.71 bits per heavy atom. The fourth-order valence-corrected chi connectivity index (χ4v) is 2.00. The molecule has 0 unspecified atom stereocenters. The number of ether oxygens (including phenoxy) is 1. The van der Waals surface area contributed by atoms with Crippen LogP contribution in [0.15, 0.2) is 36.5 Å². The molecule has 1 aromatic carbocycles. The topological polar surface area (TPSA) is 68.2 Å². The van der Waals surface area contributed by atoms with E-state index in [1.54, 1.807) is 23.9 Å². The Balaban J connectivity index is 0.00000288. The summed E-state index contributed by atoms with van der Waals surface area (Å²) in [5.41, 5.74) is 1.66. The van der Waals surface area contributed by atoms with Crippen LogP contribution in [-0.4, -0.2) is 49.0 Å². The molecule has 6 nitrogen and oxygen atoms in total. The van der Waals surface area contributed by atoms with E-state index in [1.807, 2.05) is 12.3 Å². The maximum absolute atomic E-state index is 12.9. The summed E-state index contributed by atoms with van der Waals surface area (Å²) in [4.78, 5) is 11.6. The quantitative estimate of drug-likeness (QED) is 0.665. The van der Waals surface area contributed by atoms with E-state index < -0.39 is 0 Å². The molecule has 0 spiro atoms. The fraction of sp³-hybridized carbons (Fsp3) is 0.375. The number of benzene rings is 1. The second-order valence-corrected chi connectivity index (χ2v) is 5.00. The number of amides is 1. The molecule has 0 aliphatic rings. The van der Waals surface area contributed by atoms with Gasteiger partial charge in [-0.3, -0.25) is 4.79 Å². The molecule has 0 aliphatic carbocycles. The van der Waals surface area contributed by atoms with Crippen molar-refractivity contribution in [2.24, 2.45) is 0 Å². The van der Waals surface area contributed by atoms with Crippen LogP contribution in [0, 0.1) is 5.82 Å². The maximum Gasteiger partial charge on any atom is 0.233 e. The Morgan fingerprint density at radius 2 is 2.00 bits per heavy atom. The number of rotatable bonds is 9. The lowest BCUT2D eigenvalue weighted by Gasteiger charge is -2.05. The van der Waals surface area contributed by atoms with E-state index in [-0.39, 0.29) is 30.7 Å². The minimum absolute atomic E-state index is 0. The molecule has 132 valence electrons. The minimum Gasteiger partial charge on any atom is -0.383 e. The Kier molecular flexibility index (Phi) is 8.99. The number of methoxy groups -OCH3 is 1. The highest BCUT2D eigenvalue weighted by atomic mass is 35.5. The number of hydrogen-bond acceptors (Lipinski definition) is 4. The van der Waals surface area contributed by atoms with Gasteiger partial charge in [-0.25, -0.2) is 9.07 Å². The first-order chi connectivity index (χ1) is 11.2. The molecule has 24 heavy (non-hydrogen) atoms. The van der Waals surface area contributed by atoms with Crippen LogP contribution in [0.3, 0.4) is 0 Å². The molecule has 0 fully saturated rings. The number of nitrogens with zero attached hydrogens (tertiary/aromatic N) is 2. The van der Waals surface area contributed by atoms with E-state index in [2.05, 4.69) is 15.7 Å². The number of carbonyl (C=O) groups is 1. The molecule has 1 amide bonds. The summed E-state index contributed by atoms with van der Waals surface area (Å²) in [6, 6.07) is 8.01. The molecule has 2 N–H and O–H groups in total. The third-order valence-corrected chi connectivity index (χ3v) is 3.21. The molecule has 0 saturated heterocycles. The van der Waals surface area contributed by atoms with Crippen LogP contribution in [0.5, 0.6) is 0 Å². The van der Waals surface area contributed by atoms with Crippen molar-refractivity contribution < 1.29 is 13.9 Å². The number of carbonyl (C=O) groups excluding carboxylic acids is 1. The van der Waals surface area contributed by atoms with E-state index in [0.29, 0.717) is 26.1 Å². The van der Waals surface area contributed by atoms with Gasteiger partial charge in [0.25, 0.3) is 0 Å². The summed E-state index contributed by atoms with van der Waals surface area (Å²) < 4.78 is 19.5. The molecule has 1 aromatic heterocycles. The van der Waals surface area contributed by atoms with Gasteiger partial charge in [0.2, 0.25) is 5.91 Å². The first-order valence-electron chi connectivity index (χ1n) is 7.46. The van der Waals surface area contributed by atoms with E-state index >= 15 is 0 Å². The van der Waals surface area contributed by atoms with Crippen molar-refractivity contribution in [3.63, 3.8) is 0 Å². The summed E-state index contributed by atoms with van der Waals surface area (Å²) >= 11 is 0. The Labute approximate surface area is 146 Å². The number of aromatic nitrogens is 2. The zero-order chi connectivity index (χ0) is 16.5. The van der Waals surface area contributed by atoms with Gasteiger partial charge in [0.05, 0.1) is 24.5 Å². The predicted octanol–water partition coefficient (Wildman–Crippen LogP) is 1.33. The molecule has 0 radical (unpaired) electrons. The minimum atomic E-state index is -0.275. The van der Waals surface area contributed by atoms with Gasteiger partial charge in [-0.05, 0) is 30.3 Å². The molecule has 1 heterocycles. The van der Waals surface area contributed by atoms with E-state index in [4.69, 9.17) is 4.74 Å². The van der Waals surface area contributed by atoms with Crippen LogP contribution >= 0.6 is 12.4 Å². The highest BCUT2D eigenvalue weighted by Crippen LogP contribution is 2.09. The maximum atomic E-state index is 12.9. The van der Waals surface area contributed by atoms with Crippen LogP contribution in [0.2, 0.25) is 0 Å². The average Bonchev–Trinajstić information content (AvgIpc) is 3.01. The van der Waals surface area contributed by atoms with Gasteiger partial charge in [-0.2, -0.15) is 5.10 Å². The highest BCUT2D eigenvalue weighted by Gasteiger charge is 2.04. The number of nitrogens with one attached hydrogen (secondary N) is 2. The smallest absolute Gasteiger partial charge is 0.233 e. The van der Waals surface area contributed by atoms with E-state index in [0.717, 1.165) is 11.4 Å². The largest absolute Gasteiger partial charge is 0.383 e. The van der Waals surface area contributed by atoms with Crippen molar-refractivity contribution in [3.05, 3.63) is 48.0 Å². The summed E-state index contributed by atoms with van der Waals surface area (Å²) in [5, 5.41) is 10.2. The van der Waals surface area contributed by atoms with Crippen LogP contribution < -0.4 is 10.6 Å². The normalized spacial score (nSPS) is 10.2. The lowest BCUT2D eigenvalue weighted by molar-refractivity contribution is -0.120. The van der Waals surface area contributed by atoms with Crippen molar-refractivity contribution in [1.82, 2.24) is 20.4 Å². The van der Waals surface area contributed by atoms with Crippen molar-refractivity contribution in [2.45, 2.75) is 6.42 Å². The fourth-order valence-electron chi connectivity index (χ4n) is 2.00. The lowest BCUT2D eigenvalue weighted by Crippen LogP contribution is -2.36. The standard InChI is InChI=1S/C16H21FN4O2.ClH/c1-23-11-9-18-12-16(22)19-8-6-14-7-10-21(20-14)15-4-2-13(17)3-5-15;/h2-5,7,10,18H,6,8-9,11-12H2,1H3,(H,19,22);1H. The van der Waals surface area contributed by atoms with Crippen molar-refractivity contribution in [1.29, 1.82) is 0 Å². The number of halogens is 2. The average molecular weight is 357 g/mol. The third-order valence-electron chi connectivity index (χ3n) is 3.21. The van der Waals surface area contributed by atoms with E-state index in [1.165, 1.54) is 12.1 Å². The van der Waals surface area contributed by atoms with Gasteiger partial charge in [-0.1, -0.05) is 0 Å². The molecule has 8 heteroatoms. The lowest BCUT2D eigenvalue weighted by atomic mass is 10.3. The van der Waals surface area contributed by atoms with Crippen molar-refractivity contribution in [3.8, 4) is 5.69 Å². The molecule has 2 rings (SSSR count). The predicted molar refractivity (Wildman–Crippen MR) is 92.2 cm³/mol. The highest BCUT2D eigenvalue weighted by molar-refractivity contribution is 5.85. The monoisotopic (exact) mass is 356 g/mol. The third kappa shape index (κ3) is 6.66. The zero-order valence-electron chi connectivity index (χ0n) is 13.5. The van der Waals surface area contributed by atoms with Gasteiger partial charge in [0, 0.05) is 32.8 Å². The van der Waals surface area contributed by atoms with E-state index in [9.17, 15) is 9.18 Å². The van der Waals surface area contributed by atoms with Crippen LogP contribution in [0.4, 0.5) is 4.39 Å². The van der Waals surface area contributed by atoms with Gasteiger partial charge < -0.3 is 15.4 Å². The molecule has 0 aliphatic heterocycles.